The van der Waals surface area contributed by atoms with E-state index in [9.17, 15) is 10.5 Å². The molecule has 2 aliphatic heterocycles. The van der Waals surface area contributed by atoms with E-state index in [-0.39, 0.29) is 0 Å². The van der Waals surface area contributed by atoms with Crippen molar-refractivity contribution in [3.8, 4) is 57.4 Å². The van der Waals surface area contributed by atoms with Gasteiger partial charge in [-0.3, -0.25) is 0 Å². The summed E-state index contributed by atoms with van der Waals surface area (Å²) < 4.78 is 0. The lowest BCUT2D eigenvalue weighted by Crippen LogP contribution is -2.24. The van der Waals surface area contributed by atoms with Gasteiger partial charge in [-0.1, -0.05) is 133 Å². The molecule has 0 saturated carbocycles. The lowest BCUT2D eigenvalue weighted by atomic mass is 9.97. The van der Waals surface area contributed by atoms with Gasteiger partial charge in [0, 0.05) is 28.1 Å². The maximum Gasteiger partial charge on any atom is 0.166 e. The molecule has 2 aliphatic rings. The first-order chi connectivity index (χ1) is 36.6. The summed E-state index contributed by atoms with van der Waals surface area (Å²) in [5.41, 5.74) is 16.5. The van der Waals surface area contributed by atoms with Crippen molar-refractivity contribution in [1.82, 2.24) is 15.0 Å². The summed E-state index contributed by atoms with van der Waals surface area (Å²) in [6.07, 6.45) is 0. The third-order valence-electron chi connectivity index (χ3n) is 13.6. The third kappa shape index (κ3) is 7.45. The van der Waals surface area contributed by atoms with E-state index >= 15 is 0 Å². The van der Waals surface area contributed by atoms with Crippen molar-refractivity contribution in [2.24, 2.45) is 0 Å². The van der Waals surface area contributed by atoms with Crippen LogP contribution in [0.2, 0.25) is 0 Å². The van der Waals surface area contributed by atoms with Gasteiger partial charge in [-0.15, -0.1) is 0 Å². The van der Waals surface area contributed by atoms with Crippen molar-refractivity contribution in [2.75, 3.05) is 19.6 Å². The minimum atomic E-state index is 0.396. The number of para-hydroxylation sites is 10. The number of anilines is 12. The molecule has 1 aromatic heterocycles. The molecule has 0 radical (unpaired) electrons. The second kappa shape index (κ2) is 18.3. The molecule has 0 unspecified atom stereocenters. The molecule has 0 fully saturated rings. The highest BCUT2D eigenvalue weighted by Crippen LogP contribution is 2.57. The summed E-state index contributed by atoms with van der Waals surface area (Å²) in [6, 6.07) is 88.9. The number of rotatable bonds is 8. The summed E-state index contributed by atoms with van der Waals surface area (Å²) in [4.78, 5) is 25.4. The van der Waals surface area contributed by atoms with Crippen molar-refractivity contribution in [2.45, 2.75) is 0 Å². The standard InChI is InChI=1S/C65H41N9/c66-42-44-19-18-22-47(39-44)48-36-37-51(62(41-48)74-60-33-16-12-29-56(60)72(50-25-8-3-9-26-50)57-30-13-17-34-61(57)74)64-68-63(46-20-4-1-5-21-46)69-65(70-64)52-40-45(43-67)35-38-53(52)73-58-31-14-10-27-54(58)71(49-23-6-2-7-24-49)55-28-11-15-32-59(55)73/h1-41H. The van der Waals surface area contributed by atoms with Crippen LogP contribution in [0.25, 0.3) is 45.3 Å². The number of aromatic nitrogens is 3. The molecule has 0 amide bonds. The Hall–Kier alpha value is -10.6. The van der Waals surface area contributed by atoms with Gasteiger partial charge in [-0.2, -0.15) is 10.5 Å². The van der Waals surface area contributed by atoms with Crippen molar-refractivity contribution in [1.29, 1.82) is 10.5 Å². The number of fused-ring (bicyclic) bond motifs is 4. The molecule has 0 atom stereocenters. The van der Waals surface area contributed by atoms with Crippen LogP contribution in [0.1, 0.15) is 11.1 Å². The van der Waals surface area contributed by atoms with E-state index in [1.807, 2.05) is 84.9 Å². The lowest BCUT2D eigenvalue weighted by Gasteiger charge is -2.41. The van der Waals surface area contributed by atoms with E-state index in [2.05, 4.69) is 196 Å². The molecule has 0 aliphatic carbocycles. The van der Waals surface area contributed by atoms with E-state index in [1.165, 1.54) is 0 Å². The topological polar surface area (TPSA) is 99.2 Å². The van der Waals surface area contributed by atoms with Crippen LogP contribution < -0.4 is 19.6 Å². The fraction of sp³-hybridized carbons (Fsp3) is 0. The van der Waals surface area contributed by atoms with Gasteiger partial charge in [0.05, 0.1) is 80.1 Å². The van der Waals surface area contributed by atoms with Crippen LogP contribution in [-0.2, 0) is 0 Å². The van der Waals surface area contributed by atoms with Crippen LogP contribution in [0, 0.1) is 22.7 Å². The van der Waals surface area contributed by atoms with Crippen molar-refractivity contribution >= 4 is 68.2 Å². The Bertz CT molecular complexity index is 3940. The first kappa shape index (κ1) is 43.4. The van der Waals surface area contributed by atoms with E-state index in [1.54, 1.807) is 0 Å². The first-order valence-corrected chi connectivity index (χ1v) is 24.3. The van der Waals surface area contributed by atoms with Crippen LogP contribution in [0.15, 0.2) is 249 Å². The number of hydrogen-bond donors (Lipinski definition) is 0. The van der Waals surface area contributed by atoms with Gasteiger partial charge in [-0.25, -0.2) is 15.0 Å². The van der Waals surface area contributed by atoms with Crippen LogP contribution >= 0.6 is 0 Å². The fourth-order valence-corrected chi connectivity index (χ4v) is 10.3. The summed E-state index contributed by atoms with van der Waals surface area (Å²) in [5, 5.41) is 20.6. The molecular formula is C65H41N9. The zero-order valence-electron chi connectivity index (χ0n) is 39.7. The summed E-state index contributed by atoms with van der Waals surface area (Å²) in [5.74, 6) is 1.30. The van der Waals surface area contributed by atoms with E-state index in [0.717, 1.165) is 90.5 Å². The molecular weight excluding hydrogens is 907 g/mol. The Morgan fingerprint density at radius 3 is 1.15 bits per heavy atom. The smallest absolute Gasteiger partial charge is 0.166 e. The molecule has 13 rings (SSSR count). The normalized spacial score (nSPS) is 12.2. The molecule has 11 aromatic rings. The maximum absolute atomic E-state index is 10.6. The first-order valence-electron chi connectivity index (χ1n) is 24.3. The number of nitrogens with zero attached hydrogens (tertiary/aromatic N) is 9. The Morgan fingerprint density at radius 1 is 0.257 bits per heavy atom. The average Bonchev–Trinajstić information content (AvgIpc) is 3.48. The Labute approximate surface area is 428 Å². The predicted octanol–water partition coefficient (Wildman–Crippen LogP) is 16.8. The molecule has 0 spiro atoms. The molecule has 0 N–H and O–H groups in total. The zero-order chi connectivity index (χ0) is 49.5. The zero-order valence-corrected chi connectivity index (χ0v) is 39.7. The van der Waals surface area contributed by atoms with Crippen LogP contribution in [0.5, 0.6) is 0 Å². The second-order valence-corrected chi connectivity index (χ2v) is 17.9. The molecule has 9 heteroatoms. The van der Waals surface area contributed by atoms with E-state index < -0.39 is 0 Å². The summed E-state index contributed by atoms with van der Waals surface area (Å²) >= 11 is 0. The van der Waals surface area contributed by atoms with Crippen LogP contribution in [0.3, 0.4) is 0 Å². The van der Waals surface area contributed by atoms with Gasteiger partial charge in [0.25, 0.3) is 0 Å². The Balaban J connectivity index is 1.07. The third-order valence-corrected chi connectivity index (χ3v) is 13.6. The van der Waals surface area contributed by atoms with Gasteiger partial charge in [0.2, 0.25) is 0 Å². The van der Waals surface area contributed by atoms with Crippen molar-refractivity contribution in [3.63, 3.8) is 0 Å². The highest BCUT2D eigenvalue weighted by atomic mass is 15.3. The quantitative estimate of drug-likeness (QED) is 0.147. The molecule has 74 heavy (non-hydrogen) atoms. The Morgan fingerprint density at radius 2 is 0.649 bits per heavy atom. The highest BCUT2D eigenvalue weighted by Gasteiger charge is 2.34. The molecule has 346 valence electrons. The van der Waals surface area contributed by atoms with Crippen LogP contribution in [-0.4, -0.2) is 15.0 Å². The monoisotopic (exact) mass is 947 g/mol. The predicted molar refractivity (Wildman–Crippen MR) is 297 cm³/mol. The highest BCUT2D eigenvalue weighted by molar-refractivity contribution is 6.06. The molecule has 0 bridgehead atoms. The van der Waals surface area contributed by atoms with Gasteiger partial charge >= 0.3 is 0 Å². The van der Waals surface area contributed by atoms with Crippen molar-refractivity contribution in [3.05, 3.63) is 260 Å². The van der Waals surface area contributed by atoms with E-state index in [0.29, 0.717) is 34.2 Å². The van der Waals surface area contributed by atoms with Gasteiger partial charge in [-0.05, 0) is 126 Å². The maximum atomic E-state index is 10.6. The summed E-state index contributed by atoms with van der Waals surface area (Å²) in [6.45, 7) is 0. The second-order valence-electron chi connectivity index (χ2n) is 17.9. The van der Waals surface area contributed by atoms with E-state index in [4.69, 9.17) is 15.0 Å². The SMILES string of the molecule is N#Cc1cccc(-c2ccc(-c3nc(-c4ccccc4)nc(-c4cc(C#N)ccc4N4c5ccccc5N(c5ccccc5)c5ccccc54)n3)c(N3c4ccccc4N(c4ccccc4)c4ccccc43)c2)c1. The van der Waals surface area contributed by atoms with Gasteiger partial charge in [0.15, 0.2) is 17.5 Å². The van der Waals surface area contributed by atoms with Crippen LogP contribution in [0.4, 0.5) is 68.2 Å². The lowest BCUT2D eigenvalue weighted by molar-refractivity contribution is 1.07. The Kier molecular flexibility index (Phi) is 10.7. The molecule has 10 aromatic carbocycles. The average molecular weight is 948 g/mol. The van der Waals surface area contributed by atoms with Crippen molar-refractivity contribution < 1.29 is 0 Å². The number of nitriles is 2. The van der Waals surface area contributed by atoms with Gasteiger partial charge < -0.3 is 19.6 Å². The fourth-order valence-electron chi connectivity index (χ4n) is 10.3. The number of hydrogen-bond acceptors (Lipinski definition) is 9. The minimum absolute atomic E-state index is 0.396. The molecule has 3 heterocycles. The largest absolute Gasteiger partial charge is 0.306 e. The summed E-state index contributed by atoms with van der Waals surface area (Å²) in [7, 11) is 0. The molecule has 9 nitrogen and oxygen atoms in total. The number of benzene rings is 10. The minimum Gasteiger partial charge on any atom is -0.306 e. The molecule has 0 saturated heterocycles. The van der Waals surface area contributed by atoms with Gasteiger partial charge in [0.1, 0.15) is 0 Å².